The van der Waals surface area contributed by atoms with E-state index >= 15 is 0 Å². The van der Waals surface area contributed by atoms with Crippen molar-refractivity contribution in [3.63, 3.8) is 0 Å². The van der Waals surface area contributed by atoms with Gasteiger partial charge in [-0.1, -0.05) is 24.3 Å². The van der Waals surface area contributed by atoms with Crippen LogP contribution in [0.5, 0.6) is 11.5 Å². The second kappa shape index (κ2) is 13.7. The Morgan fingerprint density at radius 3 is 2.25 bits per heavy atom. The fourth-order valence-electron chi connectivity index (χ4n) is 2.59. The third-order valence-electron chi connectivity index (χ3n) is 4.08. The van der Waals surface area contributed by atoms with E-state index in [-0.39, 0.29) is 23.5 Å². The van der Waals surface area contributed by atoms with Crippen molar-refractivity contribution in [3.05, 3.63) is 79.9 Å². The third-order valence-corrected chi connectivity index (χ3v) is 4.08. The van der Waals surface area contributed by atoms with Gasteiger partial charge in [0, 0.05) is 6.92 Å². The average molecular weight is 508 g/mol. The molecule has 192 valence electrons. The summed E-state index contributed by atoms with van der Waals surface area (Å²) in [6, 6.07) is 11.8. The molecule has 0 fully saturated rings. The summed E-state index contributed by atoms with van der Waals surface area (Å²) < 4.78 is 20.0. The Labute approximate surface area is 202 Å². The number of hydrogen-bond donors (Lipinski definition) is 0. The van der Waals surface area contributed by atoms with E-state index in [0.717, 1.165) is 0 Å². The first-order chi connectivity index (χ1) is 17.1. The van der Waals surface area contributed by atoms with Crippen molar-refractivity contribution in [2.75, 3.05) is 20.0 Å². The van der Waals surface area contributed by atoms with Gasteiger partial charge in [-0.25, -0.2) is 4.79 Å². The SMILES string of the molecule is CC(=O)Oc1ccccc1C(=O)OCOC(=O)Cc1ccc(OCC(CO[N+](=O)[O-])O[N+](=O)[O-])cc1. The average Bonchev–Trinajstić information content (AvgIpc) is 2.81. The van der Waals surface area contributed by atoms with Crippen LogP contribution in [-0.4, -0.2) is 54.2 Å². The van der Waals surface area contributed by atoms with Crippen LogP contribution in [-0.2, 0) is 35.2 Å². The van der Waals surface area contributed by atoms with Gasteiger partial charge in [-0.2, -0.15) is 0 Å². The van der Waals surface area contributed by atoms with Crippen LogP contribution in [0.2, 0.25) is 0 Å². The van der Waals surface area contributed by atoms with Crippen LogP contribution >= 0.6 is 0 Å². The number of benzene rings is 2. The van der Waals surface area contributed by atoms with E-state index in [9.17, 15) is 34.6 Å². The van der Waals surface area contributed by atoms with Crippen molar-refractivity contribution >= 4 is 17.9 Å². The second-order valence-corrected chi connectivity index (χ2v) is 6.76. The molecule has 1 unspecified atom stereocenters. The molecule has 15 nitrogen and oxygen atoms in total. The van der Waals surface area contributed by atoms with E-state index in [1.54, 1.807) is 12.1 Å². The minimum Gasteiger partial charge on any atom is -0.491 e. The lowest BCUT2D eigenvalue weighted by molar-refractivity contribution is -0.790. The fraction of sp³-hybridized carbons (Fsp3) is 0.286. The predicted molar refractivity (Wildman–Crippen MR) is 115 cm³/mol. The first-order valence-electron chi connectivity index (χ1n) is 10.0. The van der Waals surface area contributed by atoms with E-state index in [1.807, 2.05) is 0 Å². The number of rotatable bonds is 14. The fourth-order valence-corrected chi connectivity index (χ4v) is 2.59. The summed E-state index contributed by atoms with van der Waals surface area (Å²) in [7, 11) is 0. The predicted octanol–water partition coefficient (Wildman–Crippen LogP) is 1.68. The molecule has 0 heterocycles. The van der Waals surface area contributed by atoms with E-state index in [4.69, 9.17) is 18.9 Å². The van der Waals surface area contributed by atoms with Crippen LogP contribution in [0.4, 0.5) is 0 Å². The van der Waals surface area contributed by atoms with Gasteiger partial charge >= 0.3 is 17.9 Å². The summed E-state index contributed by atoms with van der Waals surface area (Å²) in [6.45, 7) is -0.615. The number of hydrogen-bond acceptors (Lipinski definition) is 13. The highest BCUT2D eigenvalue weighted by Crippen LogP contribution is 2.19. The first kappa shape index (κ1) is 27.3. The molecule has 36 heavy (non-hydrogen) atoms. The number of nitrogens with zero attached hydrogens (tertiary/aromatic N) is 2. The molecular formula is C21H20N2O13. The van der Waals surface area contributed by atoms with E-state index in [0.29, 0.717) is 5.56 Å². The number of carbonyl (C=O) groups excluding carboxylic acids is 3. The van der Waals surface area contributed by atoms with Crippen molar-refractivity contribution < 1.29 is 53.2 Å². The molecule has 0 aliphatic rings. The van der Waals surface area contributed by atoms with Crippen LogP contribution in [0, 0.1) is 20.2 Å². The maximum atomic E-state index is 12.2. The first-order valence-corrected chi connectivity index (χ1v) is 10.0. The Morgan fingerprint density at radius 1 is 0.917 bits per heavy atom. The van der Waals surface area contributed by atoms with Gasteiger partial charge in [0.25, 0.3) is 10.2 Å². The maximum Gasteiger partial charge on any atom is 0.344 e. The standard InChI is InChI=1S/C21H20N2O13/c1-14(24)35-19-5-3-2-4-18(19)21(26)33-13-32-20(25)10-15-6-8-16(9-7-15)31-11-17(36-23(29)30)12-34-22(27)28/h2-9,17H,10-13H2,1H3. The summed E-state index contributed by atoms with van der Waals surface area (Å²) in [5.74, 6) is -1.94. The smallest absolute Gasteiger partial charge is 0.344 e. The molecule has 0 aliphatic heterocycles. The Hall–Kier alpha value is -4.95. The van der Waals surface area contributed by atoms with Crippen LogP contribution < -0.4 is 9.47 Å². The van der Waals surface area contributed by atoms with Crippen LogP contribution in [0.1, 0.15) is 22.8 Å². The zero-order valence-corrected chi connectivity index (χ0v) is 18.7. The molecule has 0 spiro atoms. The van der Waals surface area contributed by atoms with Crippen LogP contribution in [0.3, 0.4) is 0 Å². The molecule has 0 saturated carbocycles. The van der Waals surface area contributed by atoms with Gasteiger partial charge in [0.2, 0.25) is 6.79 Å². The molecule has 2 aromatic rings. The van der Waals surface area contributed by atoms with Gasteiger partial charge in [-0.3, -0.25) is 9.59 Å². The minimum absolute atomic E-state index is 0.00482. The lowest BCUT2D eigenvalue weighted by atomic mass is 10.1. The number of ether oxygens (including phenoxy) is 4. The molecule has 2 aromatic carbocycles. The van der Waals surface area contributed by atoms with Crippen molar-refractivity contribution in [2.45, 2.75) is 19.4 Å². The van der Waals surface area contributed by atoms with E-state index < -0.39 is 54.2 Å². The normalized spacial score (nSPS) is 10.9. The quantitative estimate of drug-likeness (QED) is 0.118. The number of carbonyl (C=O) groups is 3. The lowest BCUT2D eigenvalue weighted by Crippen LogP contribution is -2.30. The number of para-hydroxylation sites is 1. The van der Waals surface area contributed by atoms with Gasteiger partial charge in [-0.05, 0) is 29.8 Å². The second-order valence-electron chi connectivity index (χ2n) is 6.76. The molecule has 0 N–H and O–H groups in total. The van der Waals surface area contributed by atoms with Gasteiger partial charge < -0.3 is 28.6 Å². The van der Waals surface area contributed by atoms with Crippen molar-refractivity contribution in [1.82, 2.24) is 0 Å². The zero-order chi connectivity index (χ0) is 26.5. The highest BCUT2D eigenvalue weighted by atomic mass is 17.0. The van der Waals surface area contributed by atoms with Crippen LogP contribution in [0.15, 0.2) is 48.5 Å². The van der Waals surface area contributed by atoms with Crippen molar-refractivity contribution in [1.29, 1.82) is 0 Å². The Balaban J connectivity index is 1.79. The van der Waals surface area contributed by atoms with E-state index in [2.05, 4.69) is 9.68 Å². The molecule has 0 saturated heterocycles. The Kier molecular flexibility index (Phi) is 10.4. The largest absolute Gasteiger partial charge is 0.491 e. The summed E-state index contributed by atoms with van der Waals surface area (Å²) >= 11 is 0. The molecule has 0 aliphatic carbocycles. The van der Waals surface area contributed by atoms with Gasteiger partial charge in [0.1, 0.15) is 30.3 Å². The summed E-state index contributed by atoms with van der Waals surface area (Å²) in [5, 5.41) is 18.5. The van der Waals surface area contributed by atoms with Crippen molar-refractivity contribution in [3.8, 4) is 11.5 Å². The molecule has 1 atom stereocenters. The van der Waals surface area contributed by atoms with Crippen molar-refractivity contribution in [2.24, 2.45) is 0 Å². The van der Waals surface area contributed by atoms with E-state index in [1.165, 1.54) is 43.3 Å². The molecule has 0 radical (unpaired) electrons. The summed E-state index contributed by atoms with van der Waals surface area (Å²) in [5.41, 5.74) is 0.490. The topological polar surface area (TPSA) is 193 Å². The highest BCUT2D eigenvalue weighted by molar-refractivity contribution is 5.93. The van der Waals surface area contributed by atoms with Gasteiger partial charge in [0.15, 0.2) is 6.10 Å². The minimum atomic E-state index is -1.34. The Morgan fingerprint density at radius 2 is 1.61 bits per heavy atom. The van der Waals surface area contributed by atoms with Crippen LogP contribution in [0.25, 0.3) is 0 Å². The molecular weight excluding hydrogens is 488 g/mol. The highest BCUT2D eigenvalue weighted by Gasteiger charge is 2.18. The van der Waals surface area contributed by atoms with Gasteiger partial charge in [-0.15, -0.1) is 20.2 Å². The molecule has 15 heteroatoms. The molecule has 0 amide bonds. The molecule has 0 aromatic heterocycles. The molecule has 0 bridgehead atoms. The van der Waals surface area contributed by atoms with Gasteiger partial charge in [0.05, 0.1) is 6.42 Å². The molecule has 2 rings (SSSR count). The zero-order valence-electron chi connectivity index (χ0n) is 18.7. The maximum absolute atomic E-state index is 12.2. The summed E-state index contributed by atoms with van der Waals surface area (Å²) in [6.07, 6.45) is -1.52. The third kappa shape index (κ3) is 9.90. The lowest BCUT2D eigenvalue weighted by Gasteiger charge is -2.15. The number of esters is 3. The summed E-state index contributed by atoms with van der Waals surface area (Å²) in [4.78, 5) is 64.3. The monoisotopic (exact) mass is 508 g/mol. The Bertz CT molecular complexity index is 1090.